The van der Waals surface area contributed by atoms with Crippen LogP contribution < -0.4 is 0 Å². The third-order valence-electron chi connectivity index (χ3n) is 3.62. The Balaban J connectivity index is 3.15. The predicted octanol–water partition coefficient (Wildman–Crippen LogP) is 3.50. The fourth-order valence-corrected chi connectivity index (χ4v) is 2.35. The molecule has 0 bridgehead atoms. The lowest BCUT2D eigenvalue weighted by molar-refractivity contribution is -0.137. The van der Waals surface area contributed by atoms with Gasteiger partial charge >= 0.3 is 5.97 Å². The van der Waals surface area contributed by atoms with Crippen molar-refractivity contribution in [1.82, 2.24) is 0 Å². The molecular weight excluding hydrogens is 256 g/mol. The third kappa shape index (κ3) is 15.4. The Labute approximate surface area is 123 Å². The molecule has 0 radical (unpaired) electrons. The number of carboxylic acids is 1. The van der Waals surface area contributed by atoms with Gasteiger partial charge in [0.2, 0.25) is 0 Å². The molecule has 0 spiro atoms. The minimum absolute atomic E-state index is 0.170. The first-order valence-corrected chi connectivity index (χ1v) is 8.17. The molecular formula is C16H32O4. The van der Waals surface area contributed by atoms with Gasteiger partial charge in [-0.1, -0.05) is 51.4 Å². The summed E-state index contributed by atoms with van der Waals surface area (Å²) in [6, 6.07) is 0. The highest BCUT2D eigenvalue weighted by Gasteiger charge is 2.03. The zero-order valence-corrected chi connectivity index (χ0v) is 12.7. The molecule has 4 heteroatoms. The maximum Gasteiger partial charge on any atom is 0.303 e. The lowest BCUT2D eigenvalue weighted by Crippen LogP contribution is -2.06. The highest BCUT2D eigenvalue weighted by molar-refractivity contribution is 5.66. The second-order valence-corrected chi connectivity index (χ2v) is 5.63. The normalized spacial score (nSPS) is 12.5. The van der Waals surface area contributed by atoms with Crippen LogP contribution in [0.4, 0.5) is 0 Å². The molecule has 0 fully saturated rings. The van der Waals surface area contributed by atoms with E-state index in [1.54, 1.807) is 0 Å². The maximum atomic E-state index is 10.3. The summed E-state index contributed by atoms with van der Waals surface area (Å²) >= 11 is 0. The van der Waals surface area contributed by atoms with Crippen molar-refractivity contribution in [2.24, 2.45) is 0 Å². The van der Waals surface area contributed by atoms with E-state index < -0.39 is 5.97 Å². The van der Waals surface area contributed by atoms with E-state index in [1.165, 1.54) is 0 Å². The Morgan fingerprint density at radius 3 is 1.70 bits per heavy atom. The minimum Gasteiger partial charge on any atom is -0.481 e. The largest absolute Gasteiger partial charge is 0.481 e. The van der Waals surface area contributed by atoms with Crippen molar-refractivity contribution in [2.75, 3.05) is 6.61 Å². The van der Waals surface area contributed by atoms with Gasteiger partial charge in [-0.2, -0.15) is 0 Å². The number of hydrogen-bond acceptors (Lipinski definition) is 3. The summed E-state index contributed by atoms with van der Waals surface area (Å²) in [5.41, 5.74) is 0. The lowest BCUT2D eigenvalue weighted by Gasteiger charge is -2.10. The SMILES string of the molecule is O=C(O)CCCCCCCCC(O)CCCCCCO. The second-order valence-electron chi connectivity index (χ2n) is 5.63. The fraction of sp³-hybridized carbons (Fsp3) is 0.938. The maximum absolute atomic E-state index is 10.3. The number of aliphatic hydroxyl groups excluding tert-OH is 2. The fourth-order valence-electron chi connectivity index (χ4n) is 2.35. The van der Waals surface area contributed by atoms with Crippen molar-refractivity contribution >= 4 is 5.97 Å². The van der Waals surface area contributed by atoms with Crippen LogP contribution >= 0.6 is 0 Å². The monoisotopic (exact) mass is 288 g/mol. The third-order valence-corrected chi connectivity index (χ3v) is 3.62. The van der Waals surface area contributed by atoms with Crippen LogP contribution in [0, 0.1) is 0 Å². The summed E-state index contributed by atoms with van der Waals surface area (Å²) in [5, 5.41) is 26.9. The van der Waals surface area contributed by atoms with Gasteiger partial charge in [0.25, 0.3) is 0 Å². The van der Waals surface area contributed by atoms with E-state index in [0.717, 1.165) is 77.0 Å². The summed E-state index contributed by atoms with van der Waals surface area (Å²) in [6.45, 7) is 0.273. The van der Waals surface area contributed by atoms with Gasteiger partial charge in [0.15, 0.2) is 0 Å². The number of hydrogen-bond donors (Lipinski definition) is 3. The topological polar surface area (TPSA) is 77.8 Å². The molecule has 0 heterocycles. The van der Waals surface area contributed by atoms with Crippen LogP contribution in [-0.4, -0.2) is 34.0 Å². The predicted molar refractivity (Wildman–Crippen MR) is 80.7 cm³/mol. The van der Waals surface area contributed by atoms with Crippen LogP contribution in [0.25, 0.3) is 0 Å². The first-order chi connectivity index (χ1) is 9.66. The van der Waals surface area contributed by atoms with Crippen LogP contribution in [0.5, 0.6) is 0 Å². The molecule has 4 nitrogen and oxygen atoms in total. The van der Waals surface area contributed by atoms with Crippen molar-refractivity contribution in [3.8, 4) is 0 Å². The van der Waals surface area contributed by atoms with Crippen molar-refractivity contribution < 1.29 is 20.1 Å². The molecule has 0 saturated heterocycles. The van der Waals surface area contributed by atoms with Crippen molar-refractivity contribution in [2.45, 2.75) is 89.6 Å². The van der Waals surface area contributed by atoms with E-state index in [2.05, 4.69) is 0 Å². The number of aliphatic carboxylic acids is 1. The number of rotatable bonds is 15. The van der Waals surface area contributed by atoms with Gasteiger partial charge in [0.05, 0.1) is 6.10 Å². The van der Waals surface area contributed by atoms with Gasteiger partial charge in [0.1, 0.15) is 0 Å². The lowest BCUT2D eigenvalue weighted by atomic mass is 10.0. The quantitative estimate of drug-likeness (QED) is 0.403. The molecule has 20 heavy (non-hydrogen) atoms. The van der Waals surface area contributed by atoms with E-state index in [9.17, 15) is 9.90 Å². The van der Waals surface area contributed by atoms with Gasteiger partial charge in [0, 0.05) is 13.0 Å². The first-order valence-electron chi connectivity index (χ1n) is 8.17. The van der Waals surface area contributed by atoms with Crippen LogP contribution in [0.2, 0.25) is 0 Å². The van der Waals surface area contributed by atoms with Gasteiger partial charge in [-0.25, -0.2) is 0 Å². The average Bonchev–Trinajstić information content (AvgIpc) is 2.41. The van der Waals surface area contributed by atoms with Crippen LogP contribution in [0.15, 0.2) is 0 Å². The highest BCUT2D eigenvalue weighted by atomic mass is 16.4. The first kappa shape index (κ1) is 19.4. The Bertz CT molecular complexity index is 219. The molecule has 0 rings (SSSR count). The molecule has 3 N–H and O–H groups in total. The second kappa shape index (κ2) is 14.8. The Morgan fingerprint density at radius 1 is 0.750 bits per heavy atom. The standard InChI is InChI=1S/C16H32O4/c17-14-10-6-5-8-12-15(18)11-7-3-1-2-4-9-13-16(19)20/h15,17-18H,1-14H2,(H,19,20). The van der Waals surface area contributed by atoms with E-state index in [4.69, 9.17) is 10.2 Å². The van der Waals surface area contributed by atoms with Crippen LogP contribution in [0.1, 0.15) is 83.5 Å². The summed E-state index contributed by atoms with van der Waals surface area (Å²) in [5.74, 6) is -0.702. The average molecular weight is 288 g/mol. The Morgan fingerprint density at radius 2 is 1.20 bits per heavy atom. The Hall–Kier alpha value is -0.610. The van der Waals surface area contributed by atoms with Gasteiger partial charge < -0.3 is 15.3 Å². The molecule has 1 atom stereocenters. The van der Waals surface area contributed by atoms with E-state index in [0.29, 0.717) is 0 Å². The van der Waals surface area contributed by atoms with E-state index in [-0.39, 0.29) is 19.1 Å². The molecule has 0 aromatic rings. The van der Waals surface area contributed by atoms with Crippen LogP contribution in [-0.2, 0) is 4.79 Å². The number of aliphatic hydroxyl groups is 2. The molecule has 0 aliphatic rings. The molecule has 0 amide bonds. The molecule has 0 aromatic carbocycles. The smallest absolute Gasteiger partial charge is 0.303 e. The Kier molecular flexibility index (Phi) is 14.3. The zero-order chi connectivity index (χ0) is 15.1. The zero-order valence-electron chi connectivity index (χ0n) is 12.7. The molecule has 1 unspecified atom stereocenters. The molecule has 0 saturated carbocycles. The van der Waals surface area contributed by atoms with Gasteiger partial charge in [-0.3, -0.25) is 4.79 Å². The van der Waals surface area contributed by atoms with E-state index in [1.807, 2.05) is 0 Å². The number of carboxylic acid groups (broad SMARTS) is 1. The van der Waals surface area contributed by atoms with E-state index >= 15 is 0 Å². The molecule has 0 aromatic heterocycles. The summed E-state index contributed by atoms with van der Waals surface area (Å²) in [6.07, 6.45) is 12.2. The summed E-state index contributed by atoms with van der Waals surface area (Å²) < 4.78 is 0. The summed E-state index contributed by atoms with van der Waals surface area (Å²) in [4.78, 5) is 10.3. The van der Waals surface area contributed by atoms with Crippen LogP contribution in [0.3, 0.4) is 0 Å². The van der Waals surface area contributed by atoms with Crippen molar-refractivity contribution in [3.05, 3.63) is 0 Å². The highest BCUT2D eigenvalue weighted by Crippen LogP contribution is 2.13. The molecule has 0 aliphatic carbocycles. The van der Waals surface area contributed by atoms with Gasteiger partial charge in [-0.15, -0.1) is 0 Å². The molecule has 120 valence electrons. The molecule has 0 aliphatic heterocycles. The summed E-state index contributed by atoms with van der Waals surface area (Å²) in [7, 11) is 0. The number of carbonyl (C=O) groups is 1. The van der Waals surface area contributed by atoms with Gasteiger partial charge in [-0.05, 0) is 25.7 Å². The van der Waals surface area contributed by atoms with Crippen molar-refractivity contribution in [1.29, 1.82) is 0 Å². The number of unbranched alkanes of at least 4 members (excludes halogenated alkanes) is 8. The minimum atomic E-state index is -0.702. The van der Waals surface area contributed by atoms with Crippen molar-refractivity contribution in [3.63, 3.8) is 0 Å².